The highest BCUT2D eigenvalue weighted by Crippen LogP contribution is 2.27. The van der Waals surface area contributed by atoms with Crippen LogP contribution in [0.15, 0.2) is 90.3 Å². The molecule has 7 nitrogen and oxygen atoms in total. The monoisotopic (exact) mass is 473 g/mol. The first-order valence-corrected chi connectivity index (χ1v) is 11.5. The largest absolute Gasteiger partial charge is 0.459 e. The third-order valence-electron chi connectivity index (χ3n) is 4.88. The number of amides is 2. The van der Waals surface area contributed by atoms with Crippen molar-refractivity contribution < 1.29 is 19.1 Å². The average Bonchev–Trinajstić information content (AvgIpc) is 3.33. The predicted octanol–water partition coefficient (Wildman–Crippen LogP) is 5.45. The molecule has 0 radical (unpaired) electrons. The lowest BCUT2D eigenvalue weighted by Crippen LogP contribution is -2.34. The molecule has 0 saturated carbocycles. The van der Waals surface area contributed by atoms with Crippen LogP contribution in [0.25, 0.3) is 10.6 Å². The number of hydrogen-bond acceptors (Lipinski definition) is 6. The summed E-state index contributed by atoms with van der Waals surface area (Å²) in [7, 11) is 0. The van der Waals surface area contributed by atoms with Crippen LogP contribution in [0.5, 0.6) is 11.5 Å². The zero-order chi connectivity index (χ0) is 23.8. The Morgan fingerprint density at radius 2 is 1.65 bits per heavy atom. The van der Waals surface area contributed by atoms with E-state index in [1.165, 1.54) is 11.3 Å². The van der Waals surface area contributed by atoms with Crippen molar-refractivity contribution in [2.24, 2.45) is 5.73 Å². The van der Waals surface area contributed by atoms with E-state index in [-0.39, 0.29) is 13.0 Å². The molecular formula is C26H23N3O4S. The van der Waals surface area contributed by atoms with E-state index in [0.717, 1.165) is 10.6 Å². The van der Waals surface area contributed by atoms with Gasteiger partial charge < -0.3 is 20.5 Å². The Labute approximate surface area is 201 Å². The highest BCUT2D eigenvalue weighted by atomic mass is 32.1. The second kappa shape index (κ2) is 11.1. The number of benzene rings is 3. The maximum atomic E-state index is 12.6. The fourth-order valence-electron chi connectivity index (χ4n) is 3.31. The number of primary amides is 1. The van der Waals surface area contributed by atoms with Crippen molar-refractivity contribution in [3.63, 3.8) is 0 Å². The minimum absolute atomic E-state index is 0.0443. The number of nitrogens with zero attached hydrogens (tertiary/aromatic N) is 1. The maximum Gasteiger partial charge on any atom is 0.312 e. The summed E-state index contributed by atoms with van der Waals surface area (Å²) in [6, 6.07) is 24.8. The molecule has 8 heteroatoms. The predicted molar refractivity (Wildman–Crippen MR) is 130 cm³/mol. The van der Waals surface area contributed by atoms with Crippen LogP contribution in [-0.2, 0) is 16.1 Å². The number of para-hydroxylation sites is 1. The number of carbonyl (C=O) groups is 2. The topological polar surface area (TPSA) is 104 Å². The van der Waals surface area contributed by atoms with Crippen LogP contribution in [0.1, 0.15) is 23.7 Å². The van der Waals surface area contributed by atoms with Gasteiger partial charge in [-0.1, -0.05) is 60.7 Å². The molecule has 1 aromatic heterocycles. The summed E-state index contributed by atoms with van der Waals surface area (Å²) in [5, 5.41) is 5.33. The molecule has 4 aromatic rings. The first-order chi connectivity index (χ1) is 16.6. The second-order valence-corrected chi connectivity index (χ2v) is 8.28. The van der Waals surface area contributed by atoms with Gasteiger partial charge in [0.15, 0.2) is 0 Å². The molecule has 1 atom stereocenters. The van der Waals surface area contributed by atoms with Crippen molar-refractivity contribution in [2.75, 3.05) is 0 Å². The second-order valence-electron chi connectivity index (χ2n) is 7.42. The Morgan fingerprint density at radius 1 is 0.941 bits per heavy atom. The maximum absolute atomic E-state index is 12.6. The van der Waals surface area contributed by atoms with E-state index in [1.54, 1.807) is 24.3 Å². The summed E-state index contributed by atoms with van der Waals surface area (Å²) in [6.07, 6.45) is -0.0899. The fraction of sp³-hybridized carbons (Fsp3) is 0.115. The molecule has 0 bridgehead atoms. The van der Waals surface area contributed by atoms with Gasteiger partial charge in [0.1, 0.15) is 23.1 Å². The summed E-state index contributed by atoms with van der Waals surface area (Å²) in [6.45, 7) is 0.0443. The molecule has 3 aromatic carbocycles. The highest BCUT2D eigenvalue weighted by molar-refractivity contribution is 7.13. The summed E-state index contributed by atoms with van der Waals surface area (Å²) < 4.78 is 11.3. The number of aromatic nitrogens is 1. The van der Waals surface area contributed by atoms with E-state index < -0.39 is 18.0 Å². The van der Waals surface area contributed by atoms with Gasteiger partial charge in [0.25, 0.3) is 0 Å². The first-order valence-electron chi connectivity index (χ1n) is 10.6. The number of rotatable bonds is 9. The number of thiazole rings is 1. The standard InChI is InChI=1S/C26H23N3O4S/c27-26(31)29-23(19-10-7-13-22(14-19)33-21-11-5-2-6-12-21)15-24(30)32-16-20-17-34-25(28-20)18-8-3-1-4-9-18/h1-14,17,23H,15-16H2,(H3,27,29,31)/t23-/m0/s1. The number of nitrogens with one attached hydrogen (secondary N) is 1. The Hall–Kier alpha value is -4.17. The molecule has 0 aliphatic heterocycles. The summed E-state index contributed by atoms with van der Waals surface area (Å²) in [5.74, 6) is 0.767. The van der Waals surface area contributed by atoms with Gasteiger partial charge in [0.2, 0.25) is 0 Å². The van der Waals surface area contributed by atoms with E-state index in [2.05, 4.69) is 10.3 Å². The lowest BCUT2D eigenvalue weighted by atomic mass is 10.0. The van der Waals surface area contributed by atoms with Crippen LogP contribution >= 0.6 is 11.3 Å². The lowest BCUT2D eigenvalue weighted by molar-refractivity contribution is -0.145. The number of urea groups is 1. The Bertz CT molecular complexity index is 1250. The molecular weight excluding hydrogens is 450 g/mol. The number of esters is 1. The van der Waals surface area contributed by atoms with E-state index in [9.17, 15) is 9.59 Å². The van der Waals surface area contributed by atoms with Gasteiger partial charge in [0, 0.05) is 10.9 Å². The third-order valence-corrected chi connectivity index (χ3v) is 5.82. The summed E-state index contributed by atoms with van der Waals surface area (Å²) in [4.78, 5) is 28.7. The first kappa shape index (κ1) is 23.0. The average molecular weight is 474 g/mol. The number of carbonyl (C=O) groups excluding carboxylic acids is 2. The molecule has 0 aliphatic carbocycles. The fourth-order valence-corrected chi connectivity index (χ4v) is 4.12. The smallest absolute Gasteiger partial charge is 0.312 e. The van der Waals surface area contributed by atoms with E-state index >= 15 is 0 Å². The van der Waals surface area contributed by atoms with Crippen molar-refractivity contribution in [1.82, 2.24) is 10.3 Å². The minimum atomic E-state index is -0.737. The van der Waals surface area contributed by atoms with Crippen LogP contribution in [0.3, 0.4) is 0 Å². The summed E-state index contributed by atoms with van der Waals surface area (Å²) in [5.41, 5.74) is 7.69. The number of hydrogen-bond donors (Lipinski definition) is 2. The zero-order valence-corrected chi connectivity index (χ0v) is 19.0. The normalized spacial score (nSPS) is 11.4. The van der Waals surface area contributed by atoms with Gasteiger partial charge in [-0.15, -0.1) is 11.3 Å². The van der Waals surface area contributed by atoms with Crippen LogP contribution < -0.4 is 15.8 Å². The van der Waals surface area contributed by atoms with Crippen molar-refractivity contribution in [3.05, 3.63) is 102 Å². The zero-order valence-electron chi connectivity index (χ0n) is 18.2. The number of ether oxygens (including phenoxy) is 2. The Balaban J connectivity index is 1.39. The van der Waals surface area contributed by atoms with Crippen molar-refractivity contribution in [1.29, 1.82) is 0 Å². The van der Waals surface area contributed by atoms with Gasteiger partial charge in [-0.05, 0) is 29.8 Å². The SMILES string of the molecule is NC(=O)N[C@@H](CC(=O)OCc1csc(-c2ccccc2)n1)c1cccc(Oc2ccccc2)c1. The van der Waals surface area contributed by atoms with Crippen molar-refractivity contribution in [2.45, 2.75) is 19.1 Å². The molecule has 34 heavy (non-hydrogen) atoms. The Kier molecular flexibility index (Phi) is 7.52. The molecule has 4 rings (SSSR count). The molecule has 3 N–H and O–H groups in total. The Morgan fingerprint density at radius 3 is 2.38 bits per heavy atom. The molecule has 0 aliphatic rings. The van der Waals surface area contributed by atoms with Crippen molar-refractivity contribution >= 4 is 23.3 Å². The van der Waals surface area contributed by atoms with Crippen LogP contribution in [0.4, 0.5) is 4.79 Å². The molecule has 0 fully saturated rings. The molecule has 0 spiro atoms. The highest BCUT2D eigenvalue weighted by Gasteiger charge is 2.20. The molecule has 172 valence electrons. The van der Waals surface area contributed by atoms with Gasteiger partial charge in [-0.25, -0.2) is 9.78 Å². The van der Waals surface area contributed by atoms with E-state index in [4.69, 9.17) is 15.2 Å². The van der Waals surface area contributed by atoms with Crippen molar-refractivity contribution in [3.8, 4) is 22.1 Å². The molecule has 2 amide bonds. The molecule has 1 heterocycles. The quantitative estimate of drug-likeness (QED) is 0.315. The van der Waals surface area contributed by atoms with Gasteiger partial charge in [-0.2, -0.15) is 0 Å². The van der Waals surface area contributed by atoms with Gasteiger partial charge in [-0.3, -0.25) is 4.79 Å². The van der Waals surface area contributed by atoms with E-state index in [0.29, 0.717) is 22.8 Å². The summed E-state index contributed by atoms with van der Waals surface area (Å²) >= 11 is 1.49. The molecule has 0 saturated heterocycles. The van der Waals surface area contributed by atoms with Gasteiger partial charge >= 0.3 is 12.0 Å². The van der Waals surface area contributed by atoms with Crippen LogP contribution in [0, 0.1) is 0 Å². The molecule has 0 unspecified atom stereocenters. The number of nitrogens with two attached hydrogens (primary N) is 1. The minimum Gasteiger partial charge on any atom is -0.459 e. The van der Waals surface area contributed by atoms with Crippen LogP contribution in [-0.4, -0.2) is 17.0 Å². The lowest BCUT2D eigenvalue weighted by Gasteiger charge is -2.18. The van der Waals surface area contributed by atoms with Crippen LogP contribution in [0.2, 0.25) is 0 Å². The van der Waals surface area contributed by atoms with E-state index in [1.807, 2.05) is 66.0 Å². The third kappa shape index (κ3) is 6.43. The van der Waals surface area contributed by atoms with Gasteiger partial charge in [0.05, 0.1) is 18.2 Å².